The van der Waals surface area contributed by atoms with Gasteiger partial charge >= 0.3 is 0 Å². The van der Waals surface area contributed by atoms with E-state index in [0.717, 1.165) is 5.56 Å². The van der Waals surface area contributed by atoms with Crippen molar-refractivity contribution in [3.8, 4) is 0 Å². The van der Waals surface area contributed by atoms with Crippen LogP contribution in [0.3, 0.4) is 0 Å². The van der Waals surface area contributed by atoms with Gasteiger partial charge in [-0.3, -0.25) is 9.69 Å². The first-order valence-corrected chi connectivity index (χ1v) is 8.59. The Morgan fingerprint density at radius 3 is 2.43 bits per heavy atom. The molecule has 0 amide bonds. The van der Waals surface area contributed by atoms with Gasteiger partial charge < -0.3 is 0 Å². The minimum atomic E-state index is -3.18. The lowest BCUT2D eigenvalue weighted by Crippen LogP contribution is -2.49. The fraction of sp³-hybridized carbons (Fsp3) is 0.500. The number of aryl methyl sites for hydroxylation is 1. The van der Waals surface area contributed by atoms with Gasteiger partial charge in [0.1, 0.15) is 5.82 Å². The number of carbonyl (C=O) groups excluding carboxylic acids is 1. The van der Waals surface area contributed by atoms with Crippen molar-refractivity contribution in [3.63, 3.8) is 0 Å². The van der Waals surface area contributed by atoms with Gasteiger partial charge in [0.15, 0.2) is 5.78 Å². The number of benzene rings is 1. The molecular weight excluding hydrogens is 295 g/mol. The first-order valence-electron chi connectivity index (χ1n) is 6.74. The molecule has 0 atom stereocenters. The summed E-state index contributed by atoms with van der Waals surface area (Å²) in [6.07, 6.45) is 1.18. The van der Waals surface area contributed by atoms with E-state index in [0.29, 0.717) is 26.2 Å². The van der Waals surface area contributed by atoms with Crippen molar-refractivity contribution in [3.05, 3.63) is 35.1 Å². The van der Waals surface area contributed by atoms with Crippen LogP contribution in [0.15, 0.2) is 18.2 Å². The second kappa shape index (κ2) is 6.21. The Bertz CT molecular complexity index is 638. The molecule has 0 N–H and O–H groups in total. The first kappa shape index (κ1) is 16.1. The van der Waals surface area contributed by atoms with E-state index in [2.05, 4.69) is 0 Å². The summed E-state index contributed by atoms with van der Waals surface area (Å²) in [5.74, 6) is -0.788. The summed E-state index contributed by atoms with van der Waals surface area (Å²) in [7, 11) is -3.18. The number of hydrogen-bond donors (Lipinski definition) is 0. The van der Waals surface area contributed by atoms with Gasteiger partial charge in [0.25, 0.3) is 0 Å². The third kappa shape index (κ3) is 4.09. The minimum absolute atomic E-state index is 0.0977. The predicted octanol–water partition coefficient (Wildman–Crippen LogP) is 0.894. The molecule has 0 spiro atoms. The number of nitrogens with zero attached hydrogens (tertiary/aromatic N) is 2. The van der Waals surface area contributed by atoms with Crippen LogP contribution in [0.25, 0.3) is 0 Å². The van der Waals surface area contributed by atoms with Crippen molar-refractivity contribution < 1.29 is 17.6 Å². The van der Waals surface area contributed by atoms with E-state index in [1.54, 1.807) is 19.1 Å². The van der Waals surface area contributed by atoms with Crippen LogP contribution in [0.4, 0.5) is 4.39 Å². The molecule has 1 aromatic carbocycles. The SMILES string of the molecule is Cc1ccc(F)c(C(=O)CN2CCN(S(C)(=O)=O)CC2)c1. The van der Waals surface area contributed by atoms with Crippen molar-refractivity contribution in [2.24, 2.45) is 0 Å². The fourth-order valence-electron chi connectivity index (χ4n) is 2.36. The highest BCUT2D eigenvalue weighted by Gasteiger charge is 2.25. The van der Waals surface area contributed by atoms with E-state index >= 15 is 0 Å². The van der Waals surface area contributed by atoms with E-state index in [1.807, 2.05) is 4.90 Å². The maximum Gasteiger partial charge on any atom is 0.211 e. The molecule has 0 aromatic heterocycles. The zero-order valence-electron chi connectivity index (χ0n) is 12.2. The first-order chi connectivity index (χ1) is 9.77. The van der Waals surface area contributed by atoms with Gasteiger partial charge in [-0.2, -0.15) is 4.31 Å². The Hall–Kier alpha value is -1.31. The highest BCUT2D eigenvalue weighted by atomic mass is 32.2. The van der Waals surface area contributed by atoms with E-state index in [-0.39, 0.29) is 17.9 Å². The molecule has 0 saturated carbocycles. The fourth-order valence-corrected chi connectivity index (χ4v) is 3.19. The number of hydrogen-bond acceptors (Lipinski definition) is 4. The van der Waals surface area contributed by atoms with E-state index in [1.165, 1.54) is 16.6 Å². The lowest BCUT2D eigenvalue weighted by Gasteiger charge is -2.32. The minimum Gasteiger partial charge on any atom is -0.293 e. The topological polar surface area (TPSA) is 57.7 Å². The Kier molecular flexibility index (Phi) is 4.75. The van der Waals surface area contributed by atoms with Crippen molar-refractivity contribution in [1.82, 2.24) is 9.21 Å². The second-order valence-electron chi connectivity index (χ2n) is 5.34. The van der Waals surface area contributed by atoms with E-state index < -0.39 is 15.8 Å². The number of ketones is 1. The lowest BCUT2D eigenvalue weighted by molar-refractivity contribution is 0.0898. The number of halogens is 1. The number of carbonyl (C=O) groups is 1. The molecule has 1 heterocycles. The van der Waals surface area contributed by atoms with Gasteiger partial charge in [-0.05, 0) is 19.1 Å². The van der Waals surface area contributed by atoms with E-state index in [4.69, 9.17) is 0 Å². The highest BCUT2D eigenvalue weighted by molar-refractivity contribution is 7.88. The molecule has 1 aliphatic heterocycles. The Morgan fingerprint density at radius 2 is 1.86 bits per heavy atom. The standard InChI is InChI=1S/C14H19FN2O3S/c1-11-3-4-13(15)12(9-11)14(18)10-16-5-7-17(8-6-16)21(2,19)20/h3-4,9H,5-8,10H2,1-2H3. The molecule has 5 nitrogen and oxygen atoms in total. The van der Waals surface area contributed by atoms with Gasteiger partial charge in [-0.1, -0.05) is 11.6 Å². The summed E-state index contributed by atoms with van der Waals surface area (Å²) in [5, 5.41) is 0. The molecule has 0 radical (unpaired) electrons. The monoisotopic (exact) mass is 314 g/mol. The van der Waals surface area contributed by atoms with Crippen LogP contribution in [0.2, 0.25) is 0 Å². The Labute approximate surface area is 124 Å². The third-order valence-corrected chi connectivity index (χ3v) is 4.89. The van der Waals surface area contributed by atoms with Crippen LogP contribution < -0.4 is 0 Å². The van der Waals surface area contributed by atoms with Crippen LogP contribution in [0.1, 0.15) is 15.9 Å². The number of sulfonamides is 1. The maximum atomic E-state index is 13.7. The molecule has 1 fully saturated rings. The van der Waals surface area contributed by atoms with Gasteiger partial charge in [0.05, 0.1) is 18.4 Å². The van der Waals surface area contributed by atoms with Crippen LogP contribution in [-0.2, 0) is 10.0 Å². The van der Waals surface area contributed by atoms with Crippen LogP contribution in [0.5, 0.6) is 0 Å². The summed E-state index contributed by atoms with van der Waals surface area (Å²) in [6, 6.07) is 4.46. The zero-order chi connectivity index (χ0) is 15.6. The Balaban J connectivity index is 1.97. The molecule has 7 heteroatoms. The summed E-state index contributed by atoms with van der Waals surface area (Å²) < 4.78 is 37.9. The molecule has 2 rings (SSSR count). The molecule has 1 aliphatic rings. The summed E-state index contributed by atoms with van der Waals surface area (Å²) in [5.41, 5.74) is 0.933. The normalized spacial score (nSPS) is 17.9. The quantitative estimate of drug-likeness (QED) is 0.775. The smallest absolute Gasteiger partial charge is 0.211 e. The second-order valence-corrected chi connectivity index (χ2v) is 7.33. The lowest BCUT2D eigenvalue weighted by atomic mass is 10.1. The van der Waals surface area contributed by atoms with Gasteiger partial charge in [-0.15, -0.1) is 0 Å². The Morgan fingerprint density at radius 1 is 1.24 bits per heavy atom. The average Bonchev–Trinajstić information content (AvgIpc) is 2.41. The van der Waals surface area contributed by atoms with Crippen LogP contribution in [-0.4, -0.2) is 62.4 Å². The number of piperazine rings is 1. The molecule has 116 valence electrons. The van der Waals surface area contributed by atoms with Crippen molar-refractivity contribution >= 4 is 15.8 Å². The predicted molar refractivity (Wildman–Crippen MR) is 78.3 cm³/mol. The number of Topliss-reactive ketones (excluding diaryl/α,β-unsaturated/α-hetero) is 1. The van der Waals surface area contributed by atoms with Crippen LogP contribution >= 0.6 is 0 Å². The summed E-state index contributed by atoms with van der Waals surface area (Å²) in [6.45, 7) is 3.60. The largest absolute Gasteiger partial charge is 0.293 e. The molecule has 0 unspecified atom stereocenters. The summed E-state index contributed by atoms with van der Waals surface area (Å²) in [4.78, 5) is 14.0. The van der Waals surface area contributed by atoms with E-state index in [9.17, 15) is 17.6 Å². The molecule has 0 aliphatic carbocycles. The third-order valence-electron chi connectivity index (χ3n) is 3.59. The molecular formula is C14H19FN2O3S. The van der Waals surface area contributed by atoms with Crippen molar-refractivity contribution in [2.45, 2.75) is 6.92 Å². The van der Waals surface area contributed by atoms with Gasteiger partial charge in [-0.25, -0.2) is 12.8 Å². The summed E-state index contributed by atoms with van der Waals surface area (Å²) >= 11 is 0. The highest BCUT2D eigenvalue weighted by Crippen LogP contribution is 2.13. The van der Waals surface area contributed by atoms with Crippen LogP contribution in [0, 0.1) is 12.7 Å². The zero-order valence-corrected chi connectivity index (χ0v) is 13.0. The van der Waals surface area contributed by atoms with Crippen molar-refractivity contribution in [1.29, 1.82) is 0 Å². The van der Waals surface area contributed by atoms with Gasteiger partial charge in [0.2, 0.25) is 10.0 Å². The molecule has 1 aromatic rings. The molecule has 21 heavy (non-hydrogen) atoms. The molecule has 0 bridgehead atoms. The number of rotatable bonds is 4. The average molecular weight is 314 g/mol. The van der Waals surface area contributed by atoms with Crippen molar-refractivity contribution in [2.75, 3.05) is 39.0 Å². The maximum absolute atomic E-state index is 13.7. The van der Waals surface area contributed by atoms with Gasteiger partial charge in [0, 0.05) is 26.2 Å². The molecule has 1 saturated heterocycles.